The lowest BCUT2D eigenvalue weighted by Gasteiger charge is -2.26. The first-order valence-electron chi connectivity index (χ1n) is 4.82. The van der Waals surface area contributed by atoms with Crippen LogP contribution in [0.2, 0.25) is 0 Å². The molecule has 0 aliphatic carbocycles. The standard InChI is InChI=1S/C10H16O5/c1-9(2)4-5-10(15-9,8(12)13)6-7(11)14-3/h4-6H2,1-3H3,(H,12,13). The molecule has 1 saturated heterocycles. The summed E-state index contributed by atoms with van der Waals surface area (Å²) >= 11 is 0. The van der Waals surface area contributed by atoms with Crippen LogP contribution in [0.5, 0.6) is 0 Å². The Morgan fingerprint density at radius 2 is 2.00 bits per heavy atom. The summed E-state index contributed by atoms with van der Waals surface area (Å²) in [6.45, 7) is 3.63. The lowest BCUT2D eigenvalue weighted by atomic mass is 9.94. The second-order valence-corrected chi connectivity index (χ2v) is 4.41. The van der Waals surface area contributed by atoms with E-state index in [1.165, 1.54) is 7.11 Å². The maximum atomic E-state index is 11.1. The van der Waals surface area contributed by atoms with Gasteiger partial charge in [-0.2, -0.15) is 0 Å². The van der Waals surface area contributed by atoms with Gasteiger partial charge in [0, 0.05) is 0 Å². The Hall–Kier alpha value is -1.10. The molecule has 0 bridgehead atoms. The third kappa shape index (κ3) is 2.47. The molecule has 0 aromatic rings. The van der Waals surface area contributed by atoms with Crippen molar-refractivity contribution in [3.05, 3.63) is 0 Å². The quantitative estimate of drug-likeness (QED) is 0.711. The maximum Gasteiger partial charge on any atom is 0.336 e. The Bertz CT molecular complexity index is 284. The molecule has 0 aromatic carbocycles. The van der Waals surface area contributed by atoms with Gasteiger partial charge in [0.15, 0.2) is 5.60 Å². The van der Waals surface area contributed by atoms with Gasteiger partial charge in [-0.3, -0.25) is 4.79 Å². The first-order valence-corrected chi connectivity index (χ1v) is 4.82. The molecule has 1 aliphatic heterocycles. The molecule has 1 aliphatic rings. The lowest BCUT2D eigenvalue weighted by molar-refractivity contribution is -0.177. The van der Waals surface area contributed by atoms with Gasteiger partial charge in [0.05, 0.1) is 19.1 Å². The van der Waals surface area contributed by atoms with E-state index in [0.717, 1.165) is 0 Å². The number of carbonyl (C=O) groups is 2. The van der Waals surface area contributed by atoms with Gasteiger partial charge in [-0.25, -0.2) is 4.79 Å². The van der Waals surface area contributed by atoms with Crippen LogP contribution in [0.3, 0.4) is 0 Å². The van der Waals surface area contributed by atoms with Crippen LogP contribution in [0.1, 0.15) is 33.1 Å². The summed E-state index contributed by atoms with van der Waals surface area (Å²) in [6, 6.07) is 0. The number of carbonyl (C=O) groups excluding carboxylic acids is 1. The topological polar surface area (TPSA) is 72.8 Å². The van der Waals surface area contributed by atoms with Crippen LogP contribution in [0.15, 0.2) is 0 Å². The number of carboxylic acids is 1. The summed E-state index contributed by atoms with van der Waals surface area (Å²) in [7, 11) is 1.23. The molecule has 86 valence electrons. The van der Waals surface area contributed by atoms with Crippen LogP contribution in [-0.4, -0.2) is 35.4 Å². The van der Waals surface area contributed by atoms with Gasteiger partial charge in [0.2, 0.25) is 0 Å². The van der Waals surface area contributed by atoms with Crippen molar-refractivity contribution >= 4 is 11.9 Å². The summed E-state index contributed by atoms with van der Waals surface area (Å²) in [5.74, 6) is -1.66. The first-order chi connectivity index (χ1) is 6.81. The van der Waals surface area contributed by atoms with Crippen molar-refractivity contribution in [1.29, 1.82) is 0 Å². The van der Waals surface area contributed by atoms with Crippen LogP contribution in [0.25, 0.3) is 0 Å². The van der Waals surface area contributed by atoms with Crippen molar-refractivity contribution < 1.29 is 24.2 Å². The molecule has 15 heavy (non-hydrogen) atoms. The number of aliphatic carboxylic acids is 1. The van der Waals surface area contributed by atoms with Crippen molar-refractivity contribution in [1.82, 2.24) is 0 Å². The Balaban J connectivity index is 2.83. The minimum atomic E-state index is -1.41. The highest BCUT2D eigenvalue weighted by atomic mass is 16.6. The third-order valence-corrected chi connectivity index (χ3v) is 2.65. The van der Waals surface area contributed by atoms with Crippen molar-refractivity contribution in [2.24, 2.45) is 0 Å². The van der Waals surface area contributed by atoms with Crippen molar-refractivity contribution in [2.45, 2.75) is 44.3 Å². The molecule has 1 unspecified atom stereocenters. The molecule has 0 spiro atoms. The fraction of sp³-hybridized carbons (Fsp3) is 0.800. The highest BCUT2D eigenvalue weighted by Gasteiger charge is 2.51. The number of rotatable bonds is 3. The molecule has 1 N–H and O–H groups in total. The van der Waals surface area contributed by atoms with Gasteiger partial charge in [0.1, 0.15) is 0 Å². The zero-order valence-electron chi connectivity index (χ0n) is 9.20. The van der Waals surface area contributed by atoms with Crippen LogP contribution in [0, 0.1) is 0 Å². The van der Waals surface area contributed by atoms with Gasteiger partial charge in [-0.15, -0.1) is 0 Å². The third-order valence-electron chi connectivity index (χ3n) is 2.65. The van der Waals surface area contributed by atoms with E-state index in [9.17, 15) is 9.59 Å². The molecule has 0 amide bonds. The number of methoxy groups -OCH3 is 1. The highest BCUT2D eigenvalue weighted by molar-refractivity contribution is 5.85. The number of esters is 1. The van der Waals surface area contributed by atoms with E-state index in [0.29, 0.717) is 12.8 Å². The van der Waals surface area contributed by atoms with E-state index in [1.807, 2.05) is 13.8 Å². The average molecular weight is 216 g/mol. The zero-order chi connectivity index (χ0) is 11.7. The second kappa shape index (κ2) is 3.81. The molecular weight excluding hydrogens is 200 g/mol. The summed E-state index contributed by atoms with van der Waals surface area (Å²) in [5, 5.41) is 9.11. The number of carboxylic acid groups (broad SMARTS) is 1. The normalized spacial score (nSPS) is 28.7. The maximum absolute atomic E-state index is 11.1. The average Bonchev–Trinajstić information content (AvgIpc) is 2.43. The molecule has 1 rings (SSSR count). The fourth-order valence-electron chi connectivity index (χ4n) is 1.79. The van der Waals surface area contributed by atoms with E-state index in [-0.39, 0.29) is 6.42 Å². The molecule has 0 aromatic heterocycles. The number of hydrogen-bond donors (Lipinski definition) is 1. The predicted octanol–water partition coefficient (Wildman–Crippen LogP) is 0.962. The van der Waals surface area contributed by atoms with E-state index in [4.69, 9.17) is 9.84 Å². The lowest BCUT2D eigenvalue weighted by Crippen LogP contribution is -2.42. The van der Waals surface area contributed by atoms with Gasteiger partial charge < -0.3 is 14.6 Å². The zero-order valence-corrected chi connectivity index (χ0v) is 9.20. The molecule has 5 nitrogen and oxygen atoms in total. The molecule has 0 radical (unpaired) electrons. The van der Waals surface area contributed by atoms with E-state index in [1.54, 1.807) is 0 Å². The molecule has 1 fully saturated rings. The highest BCUT2D eigenvalue weighted by Crippen LogP contribution is 2.40. The Kier molecular flexibility index (Phi) is 3.04. The largest absolute Gasteiger partial charge is 0.479 e. The Labute approximate surface area is 88.4 Å². The molecule has 1 heterocycles. The minimum Gasteiger partial charge on any atom is -0.479 e. The SMILES string of the molecule is COC(=O)CC1(C(=O)O)CCC(C)(C)O1. The number of hydrogen-bond acceptors (Lipinski definition) is 4. The number of ether oxygens (including phenoxy) is 2. The van der Waals surface area contributed by atoms with Crippen LogP contribution < -0.4 is 0 Å². The predicted molar refractivity (Wildman–Crippen MR) is 51.4 cm³/mol. The van der Waals surface area contributed by atoms with E-state index >= 15 is 0 Å². The minimum absolute atomic E-state index is 0.234. The van der Waals surface area contributed by atoms with Gasteiger partial charge >= 0.3 is 11.9 Å². The summed E-state index contributed by atoms with van der Waals surface area (Å²) < 4.78 is 9.94. The molecule has 5 heteroatoms. The first kappa shape index (κ1) is 12.0. The van der Waals surface area contributed by atoms with E-state index < -0.39 is 23.1 Å². The Morgan fingerprint density at radius 1 is 1.40 bits per heavy atom. The smallest absolute Gasteiger partial charge is 0.336 e. The summed E-state index contributed by atoms with van der Waals surface area (Å²) in [4.78, 5) is 22.3. The van der Waals surface area contributed by atoms with Gasteiger partial charge in [-0.05, 0) is 26.7 Å². The van der Waals surface area contributed by atoms with Crippen molar-refractivity contribution in [3.63, 3.8) is 0 Å². The van der Waals surface area contributed by atoms with Gasteiger partial charge in [0.25, 0.3) is 0 Å². The van der Waals surface area contributed by atoms with Crippen molar-refractivity contribution in [2.75, 3.05) is 7.11 Å². The monoisotopic (exact) mass is 216 g/mol. The second-order valence-electron chi connectivity index (χ2n) is 4.41. The van der Waals surface area contributed by atoms with E-state index in [2.05, 4.69) is 4.74 Å². The molecular formula is C10H16O5. The fourth-order valence-corrected chi connectivity index (χ4v) is 1.79. The van der Waals surface area contributed by atoms with Crippen LogP contribution >= 0.6 is 0 Å². The molecule has 1 atom stereocenters. The summed E-state index contributed by atoms with van der Waals surface area (Å²) in [6.07, 6.45) is 0.725. The van der Waals surface area contributed by atoms with Crippen LogP contribution in [0.4, 0.5) is 0 Å². The van der Waals surface area contributed by atoms with Crippen LogP contribution in [-0.2, 0) is 19.1 Å². The summed E-state index contributed by atoms with van der Waals surface area (Å²) in [5.41, 5.74) is -1.90. The van der Waals surface area contributed by atoms with Crippen molar-refractivity contribution in [3.8, 4) is 0 Å². The molecule has 0 saturated carbocycles. The Morgan fingerprint density at radius 3 is 2.33 bits per heavy atom. The van der Waals surface area contributed by atoms with Gasteiger partial charge in [-0.1, -0.05) is 0 Å².